The lowest BCUT2D eigenvalue weighted by Gasteiger charge is -2.26. The van der Waals surface area contributed by atoms with Crippen molar-refractivity contribution >= 4 is 23.6 Å². The van der Waals surface area contributed by atoms with Crippen molar-refractivity contribution in [2.75, 3.05) is 6.54 Å². The Morgan fingerprint density at radius 2 is 2.21 bits per heavy atom. The van der Waals surface area contributed by atoms with Gasteiger partial charge >= 0.3 is 0 Å². The summed E-state index contributed by atoms with van der Waals surface area (Å²) in [6.07, 6.45) is 5.65. The summed E-state index contributed by atoms with van der Waals surface area (Å²) >= 11 is 7.45. The van der Waals surface area contributed by atoms with E-state index in [2.05, 4.69) is 26.4 Å². The first-order chi connectivity index (χ1) is 11.8. The van der Waals surface area contributed by atoms with Crippen LogP contribution in [0.1, 0.15) is 16.1 Å². The van der Waals surface area contributed by atoms with Gasteiger partial charge in [-0.25, -0.2) is 4.68 Å². The molecule has 0 bridgehead atoms. The predicted molar refractivity (Wildman–Crippen MR) is 97.4 cm³/mol. The van der Waals surface area contributed by atoms with Crippen LogP contribution in [0.3, 0.4) is 0 Å². The van der Waals surface area contributed by atoms with Gasteiger partial charge in [-0.2, -0.15) is 5.10 Å². The molecule has 5 nitrogen and oxygen atoms in total. The molecule has 0 spiro atoms. The molecule has 1 aliphatic heterocycles. The fourth-order valence-electron chi connectivity index (χ4n) is 3.02. The number of aryl methyl sites for hydroxylation is 2. The summed E-state index contributed by atoms with van der Waals surface area (Å²) in [6.45, 7) is 3.62. The molecule has 24 heavy (non-hydrogen) atoms. The van der Waals surface area contributed by atoms with Crippen molar-refractivity contribution < 1.29 is 0 Å². The molecule has 0 saturated carbocycles. The molecule has 0 atom stereocenters. The molecule has 0 amide bonds. The highest BCUT2D eigenvalue weighted by molar-refractivity contribution is 7.71. The molecule has 3 aromatic heterocycles. The van der Waals surface area contributed by atoms with Gasteiger partial charge in [-0.1, -0.05) is 6.07 Å². The molecule has 0 saturated heterocycles. The second kappa shape index (κ2) is 6.96. The fourth-order valence-corrected chi connectivity index (χ4v) is 4.15. The number of rotatable bonds is 5. The molecule has 7 heteroatoms. The SMILES string of the molecule is S=c1n(CCc2ccccn2)cnn1CN1CCc2sccc2C1. The average molecular weight is 358 g/mol. The lowest BCUT2D eigenvalue weighted by Crippen LogP contribution is -2.32. The summed E-state index contributed by atoms with van der Waals surface area (Å²) in [6, 6.07) is 8.22. The van der Waals surface area contributed by atoms with Crippen LogP contribution in [-0.2, 0) is 32.6 Å². The van der Waals surface area contributed by atoms with Crippen LogP contribution < -0.4 is 0 Å². The van der Waals surface area contributed by atoms with Gasteiger partial charge in [0, 0.05) is 42.8 Å². The minimum absolute atomic E-state index is 0.755. The Hall–Kier alpha value is -1.83. The number of aromatic nitrogens is 4. The van der Waals surface area contributed by atoms with Crippen molar-refractivity contribution in [3.8, 4) is 0 Å². The maximum absolute atomic E-state index is 5.59. The summed E-state index contributed by atoms with van der Waals surface area (Å²) in [5, 5.41) is 6.67. The Kier molecular flexibility index (Phi) is 4.55. The van der Waals surface area contributed by atoms with Gasteiger partial charge < -0.3 is 4.57 Å². The van der Waals surface area contributed by atoms with E-state index < -0.39 is 0 Å². The molecule has 0 aliphatic carbocycles. The van der Waals surface area contributed by atoms with Gasteiger partial charge in [0.2, 0.25) is 0 Å². The third kappa shape index (κ3) is 3.33. The molecule has 0 fully saturated rings. The van der Waals surface area contributed by atoms with Gasteiger partial charge in [0.25, 0.3) is 0 Å². The van der Waals surface area contributed by atoms with Gasteiger partial charge in [-0.05, 0) is 47.8 Å². The van der Waals surface area contributed by atoms with Gasteiger partial charge in [-0.15, -0.1) is 11.3 Å². The van der Waals surface area contributed by atoms with E-state index in [0.29, 0.717) is 0 Å². The Labute approximate surface area is 150 Å². The van der Waals surface area contributed by atoms with E-state index in [1.165, 1.54) is 10.4 Å². The Morgan fingerprint density at radius 1 is 1.25 bits per heavy atom. The zero-order valence-electron chi connectivity index (χ0n) is 13.3. The molecule has 0 unspecified atom stereocenters. The second-order valence-corrected chi connectivity index (χ2v) is 7.36. The van der Waals surface area contributed by atoms with E-state index in [-0.39, 0.29) is 0 Å². The van der Waals surface area contributed by atoms with Crippen LogP contribution in [0.2, 0.25) is 0 Å². The Morgan fingerprint density at radius 3 is 3.08 bits per heavy atom. The summed E-state index contributed by atoms with van der Waals surface area (Å²) in [5.74, 6) is 0. The van der Waals surface area contributed by atoms with Crippen LogP contribution in [0.4, 0.5) is 0 Å². The number of nitrogens with zero attached hydrogens (tertiary/aromatic N) is 5. The molecular weight excluding hydrogens is 338 g/mol. The monoisotopic (exact) mass is 357 g/mol. The molecule has 4 rings (SSSR count). The van der Waals surface area contributed by atoms with Crippen LogP contribution in [0.5, 0.6) is 0 Å². The van der Waals surface area contributed by atoms with Crippen molar-refractivity contribution in [3.63, 3.8) is 0 Å². The van der Waals surface area contributed by atoms with E-state index in [1.54, 1.807) is 0 Å². The highest BCUT2D eigenvalue weighted by Crippen LogP contribution is 2.24. The topological polar surface area (TPSA) is 38.9 Å². The first kappa shape index (κ1) is 15.7. The number of pyridine rings is 1. The van der Waals surface area contributed by atoms with Crippen molar-refractivity contribution in [1.29, 1.82) is 0 Å². The summed E-state index contributed by atoms with van der Waals surface area (Å²) in [5.41, 5.74) is 2.53. The van der Waals surface area contributed by atoms with Crippen molar-refractivity contribution in [2.45, 2.75) is 32.6 Å². The average Bonchev–Trinajstić information content (AvgIpc) is 3.21. The minimum atomic E-state index is 0.755. The molecule has 124 valence electrons. The number of thiophene rings is 1. The van der Waals surface area contributed by atoms with Gasteiger partial charge in [-0.3, -0.25) is 9.88 Å². The number of hydrogen-bond acceptors (Lipinski definition) is 5. The van der Waals surface area contributed by atoms with Crippen molar-refractivity contribution in [3.05, 3.63) is 63.1 Å². The van der Waals surface area contributed by atoms with E-state index in [0.717, 1.165) is 49.6 Å². The Bertz CT molecular complexity index is 864. The molecular formula is C17H19N5S2. The molecule has 3 aromatic rings. The molecule has 1 aliphatic rings. The second-order valence-electron chi connectivity index (χ2n) is 5.99. The van der Waals surface area contributed by atoms with E-state index in [9.17, 15) is 0 Å². The molecule has 0 N–H and O–H groups in total. The summed E-state index contributed by atoms with van der Waals surface area (Å²) < 4.78 is 4.73. The lowest BCUT2D eigenvalue weighted by atomic mass is 10.1. The van der Waals surface area contributed by atoms with Gasteiger partial charge in [0.05, 0.1) is 6.67 Å². The van der Waals surface area contributed by atoms with Crippen LogP contribution in [0.15, 0.2) is 42.2 Å². The minimum Gasteiger partial charge on any atom is -0.306 e. The highest BCUT2D eigenvalue weighted by Gasteiger charge is 2.18. The van der Waals surface area contributed by atoms with Crippen LogP contribution in [-0.4, -0.2) is 30.8 Å². The van der Waals surface area contributed by atoms with Crippen LogP contribution in [0.25, 0.3) is 0 Å². The third-order valence-corrected chi connectivity index (χ3v) is 5.82. The Balaban J connectivity index is 1.40. The highest BCUT2D eigenvalue weighted by atomic mass is 32.1. The predicted octanol–water partition coefficient (Wildman–Crippen LogP) is 3.13. The van der Waals surface area contributed by atoms with E-state index in [4.69, 9.17) is 12.2 Å². The quantitative estimate of drug-likeness (QED) is 0.658. The normalized spacial score (nSPS) is 14.7. The van der Waals surface area contributed by atoms with Crippen LogP contribution >= 0.6 is 23.6 Å². The molecule has 4 heterocycles. The molecule has 0 radical (unpaired) electrons. The summed E-state index contributed by atoms with van der Waals surface area (Å²) in [4.78, 5) is 8.29. The first-order valence-electron chi connectivity index (χ1n) is 8.09. The third-order valence-electron chi connectivity index (χ3n) is 4.35. The maximum atomic E-state index is 5.59. The van der Waals surface area contributed by atoms with Crippen molar-refractivity contribution in [1.82, 2.24) is 24.2 Å². The van der Waals surface area contributed by atoms with E-state index >= 15 is 0 Å². The summed E-state index contributed by atoms with van der Waals surface area (Å²) in [7, 11) is 0. The lowest BCUT2D eigenvalue weighted by molar-refractivity contribution is 0.189. The standard InChI is InChI=1S/C17H19N5S2/c23-17-21(9-4-15-3-1-2-7-18-15)12-19-22(17)13-20-8-5-16-14(11-20)6-10-24-16/h1-3,6-7,10,12H,4-5,8-9,11,13H2. The van der Waals surface area contributed by atoms with E-state index in [1.807, 2.05) is 51.3 Å². The maximum Gasteiger partial charge on any atom is 0.198 e. The van der Waals surface area contributed by atoms with Crippen LogP contribution in [0, 0.1) is 4.77 Å². The fraction of sp³-hybridized carbons (Fsp3) is 0.353. The van der Waals surface area contributed by atoms with Gasteiger partial charge in [0.1, 0.15) is 6.33 Å². The molecule has 0 aromatic carbocycles. The van der Waals surface area contributed by atoms with Gasteiger partial charge in [0.15, 0.2) is 4.77 Å². The smallest absolute Gasteiger partial charge is 0.198 e. The zero-order chi connectivity index (χ0) is 16.4. The number of fused-ring (bicyclic) bond motifs is 1. The first-order valence-corrected chi connectivity index (χ1v) is 9.38. The van der Waals surface area contributed by atoms with Crippen molar-refractivity contribution in [2.24, 2.45) is 0 Å². The zero-order valence-corrected chi connectivity index (χ0v) is 15.0. The largest absolute Gasteiger partial charge is 0.306 e. The number of hydrogen-bond donors (Lipinski definition) is 0.